The molecule has 7 nitrogen and oxygen atoms in total. The fourth-order valence-corrected chi connectivity index (χ4v) is 3.49. The molecule has 0 bridgehead atoms. The number of aromatic nitrogens is 3. The maximum absolute atomic E-state index is 12.9. The van der Waals surface area contributed by atoms with Gasteiger partial charge in [0.25, 0.3) is 0 Å². The lowest BCUT2D eigenvalue weighted by atomic mass is 10.2. The maximum atomic E-state index is 12.9. The molecule has 3 rings (SSSR count). The van der Waals surface area contributed by atoms with Crippen LogP contribution in [-0.2, 0) is 11.0 Å². The number of halogens is 4. The number of ether oxygens (including phenoxy) is 1. The van der Waals surface area contributed by atoms with Gasteiger partial charge in [0.05, 0.1) is 28.1 Å². The van der Waals surface area contributed by atoms with Crippen LogP contribution in [0.3, 0.4) is 0 Å². The number of carbonyl (C=O) groups is 1. The van der Waals surface area contributed by atoms with Gasteiger partial charge >= 0.3 is 6.18 Å². The summed E-state index contributed by atoms with van der Waals surface area (Å²) >= 11 is 6.88. The molecule has 0 aliphatic heterocycles. The highest BCUT2D eigenvalue weighted by atomic mass is 35.5. The van der Waals surface area contributed by atoms with Gasteiger partial charge in [-0.2, -0.15) is 13.2 Å². The third-order valence-electron chi connectivity index (χ3n) is 4.03. The number of hydrogen-bond donors (Lipinski definition) is 2. The first kappa shape index (κ1) is 23.7. The fourth-order valence-electron chi connectivity index (χ4n) is 2.67. The average Bonchev–Trinajstić information content (AvgIpc) is 3.07. The summed E-state index contributed by atoms with van der Waals surface area (Å²) in [6.45, 7) is 3.81. The molecule has 3 N–H and O–H groups in total. The second-order valence-electron chi connectivity index (χ2n) is 6.90. The van der Waals surface area contributed by atoms with Crippen LogP contribution in [0.1, 0.15) is 19.4 Å². The number of nitrogens with zero attached hydrogens (tertiary/aromatic N) is 3. The van der Waals surface area contributed by atoms with E-state index in [2.05, 4.69) is 15.5 Å². The smallest absolute Gasteiger partial charge is 0.416 e. The van der Waals surface area contributed by atoms with Crippen molar-refractivity contribution in [2.45, 2.75) is 31.3 Å². The van der Waals surface area contributed by atoms with Crippen molar-refractivity contribution in [2.24, 2.45) is 0 Å². The lowest BCUT2D eigenvalue weighted by Gasteiger charge is -2.11. The summed E-state index contributed by atoms with van der Waals surface area (Å²) in [5, 5.41) is 10.6. The number of amides is 1. The summed E-state index contributed by atoms with van der Waals surface area (Å²) in [5.74, 6) is 6.33. The second kappa shape index (κ2) is 9.70. The monoisotopic (exact) mass is 485 g/mol. The Labute approximate surface area is 191 Å². The molecule has 0 aliphatic carbocycles. The zero-order valence-corrected chi connectivity index (χ0v) is 18.6. The van der Waals surface area contributed by atoms with Crippen LogP contribution in [0.2, 0.25) is 5.02 Å². The molecule has 3 aromatic rings. The molecule has 32 heavy (non-hydrogen) atoms. The van der Waals surface area contributed by atoms with Gasteiger partial charge < -0.3 is 15.9 Å². The van der Waals surface area contributed by atoms with Crippen molar-refractivity contribution >= 4 is 35.0 Å². The summed E-state index contributed by atoms with van der Waals surface area (Å²) < 4.78 is 45.5. The minimum absolute atomic E-state index is 0.00375. The molecule has 0 atom stereocenters. The van der Waals surface area contributed by atoms with Gasteiger partial charge in [-0.05, 0) is 44.2 Å². The minimum atomic E-state index is -4.55. The van der Waals surface area contributed by atoms with Gasteiger partial charge in [-0.3, -0.25) is 4.79 Å². The molecule has 0 unspecified atom stereocenters. The quantitative estimate of drug-likeness (QED) is 0.367. The third kappa shape index (κ3) is 5.86. The van der Waals surface area contributed by atoms with E-state index in [0.29, 0.717) is 17.1 Å². The van der Waals surface area contributed by atoms with Crippen molar-refractivity contribution in [3.63, 3.8) is 0 Å². The van der Waals surface area contributed by atoms with Gasteiger partial charge in [0.15, 0.2) is 5.82 Å². The standard InChI is InChI=1S/C20H19ClF3N5O2S/c1-11(2)31-14-5-3-4-12(8-14)18-27-28-19(29(18)25)32-10-17(30)26-16-9-13(20(22,23)24)6-7-15(16)21/h3-9,11H,10,25H2,1-2H3,(H,26,30). The molecule has 0 radical (unpaired) electrons. The number of nitrogens with two attached hydrogens (primary N) is 1. The fraction of sp³-hybridized carbons (Fsp3) is 0.250. The zero-order chi connectivity index (χ0) is 23.5. The Morgan fingerprint density at radius 2 is 2.00 bits per heavy atom. The number of anilines is 1. The number of hydrogen-bond acceptors (Lipinski definition) is 6. The van der Waals surface area contributed by atoms with E-state index in [1.807, 2.05) is 13.8 Å². The molecular weight excluding hydrogens is 467 g/mol. The molecule has 2 aromatic carbocycles. The molecule has 12 heteroatoms. The Hall–Kier alpha value is -2.92. The summed E-state index contributed by atoms with van der Waals surface area (Å²) in [5.41, 5.74) is -0.381. The topological polar surface area (TPSA) is 95.1 Å². The first-order valence-corrected chi connectivity index (χ1v) is 10.7. The summed E-state index contributed by atoms with van der Waals surface area (Å²) in [6.07, 6.45) is -4.56. The second-order valence-corrected chi connectivity index (χ2v) is 8.25. The van der Waals surface area contributed by atoms with Crippen molar-refractivity contribution in [2.75, 3.05) is 16.9 Å². The van der Waals surface area contributed by atoms with E-state index in [9.17, 15) is 18.0 Å². The highest BCUT2D eigenvalue weighted by Gasteiger charge is 2.31. The van der Waals surface area contributed by atoms with E-state index in [1.54, 1.807) is 24.3 Å². The Balaban J connectivity index is 1.68. The van der Waals surface area contributed by atoms with Crippen molar-refractivity contribution in [1.29, 1.82) is 0 Å². The average molecular weight is 486 g/mol. The van der Waals surface area contributed by atoms with Crippen molar-refractivity contribution < 1.29 is 22.7 Å². The van der Waals surface area contributed by atoms with E-state index in [-0.39, 0.29) is 27.7 Å². The van der Waals surface area contributed by atoms with Crippen LogP contribution in [0.4, 0.5) is 18.9 Å². The van der Waals surface area contributed by atoms with Gasteiger partial charge in [0, 0.05) is 5.56 Å². The molecule has 0 aliphatic rings. The molecule has 0 spiro atoms. The number of carbonyl (C=O) groups excluding carboxylic acids is 1. The number of rotatable bonds is 7. The van der Waals surface area contributed by atoms with Crippen LogP contribution in [0.15, 0.2) is 47.6 Å². The number of benzene rings is 2. The first-order chi connectivity index (χ1) is 15.0. The molecule has 0 saturated carbocycles. The Morgan fingerprint density at radius 3 is 2.69 bits per heavy atom. The predicted octanol–water partition coefficient (Wildman–Crippen LogP) is 4.85. The van der Waals surface area contributed by atoms with Crippen LogP contribution >= 0.6 is 23.4 Å². The number of nitrogen functional groups attached to an aromatic ring is 1. The van der Waals surface area contributed by atoms with Crippen molar-refractivity contribution in [3.05, 3.63) is 53.1 Å². The summed E-state index contributed by atoms with van der Waals surface area (Å²) in [4.78, 5) is 12.2. The van der Waals surface area contributed by atoms with E-state index < -0.39 is 17.6 Å². The molecule has 1 aromatic heterocycles. The van der Waals surface area contributed by atoms with Gasteiger partial charge in [0.2, 0.25) is 11.1 Å². The van der Waals surface area contributed by atoms with E-state index >= 15 is 0 Å². The predicted molar refractivity (Wildman–Crippen MR) is 117 cm³/mol. The van der Waals surface area contributed by atoms with Gasteiger partial charge in [0.1, 0.15) is 5.75 Å². The molecule has 0 fully saturated rings. The molecule has 170 valence electrons. The zero-order valence-electron chi connectivity index (χ0n) is 17.0. The summed E-state index contributed by atoms with van der Waals surface area (Å²) in [7, 11) is 0. The Bertz CT molecular complexity index is 1120. The number of nitrogens with one attached hydrogen (secondary N) is 1. The minimum Gasteiger partial charge on any atom is -0.491 e. The van der Waals surface area contributed by atoms with Crippen molar-refractivity contribution in [3.8, 4) is 17.1 Å². The van der Waals surface area contributed by atoms with Crippen molar-refractivity contribution in [1.82, 2.24) is 14.9 Å². The highest BCUT2D eigenvalue weighted by Crippen LogP contribution is 2.34. The van der Waals surface area contributed by atoms with Crippen LogP contribution in [0.5, 0.6) is 5.75 Å². The molecule has 1 heterocycles. The lowest BCUT2D eigenvalue weighted by molar-refractivity contribution is -0.137. The largest absolute Gasteiger partial charge is 0.491 e. The summed E-state index contributed by atoms with van der Waals surface area (Å²) in [6, 6.07) is 9.85. The SMILES string of the molecule is CC(C)Oc1cccc(-c2nnc(SCC(=O)Nc3cc(C(F)(F)F)ccc3Cl)n2N)c1. The van der Waals surface area contributed by atoms with E-state index in [4.69, 9.17) is 22.2 Å². The Morgan fingerprint density at radius 1 is 1.25 bits per heavy atom. The molecule has 0 saturated heterocycles. The maximum Gasteiger partial charge on any atom is 0.416 e. The molecule has 1 amide bonds. The Kier molecular flexibility index (Phi) is 7.19. The third-order valence-corrected chi connectivity index (χ3v) is 5.30. The highest BCUT2D eigenvalue weighted by molar-refractivity contribution is 7.99. The van der Waals surface area contributed by atoms with Crippen LogP contribution < -0.4 is 15.9 Å². The van der Waals surface area contributed by atoms with Gasteiger partial charge in [-0.15, -0.1) is 10.2 Å². The van der Waals surface area contributed by atoms with E-state index in [1.165, 1.54) is 4.68 Å². The van der Waals surface area contributed by atoms with E-state index in [0.717, 1.165) is 30.0 Å². The van der Waals surface area contributed by atoms with Crippen LogP contribution in [0, 0.1) is 0 Å². The number of alkyl halides is 3. The first-order valence-electron chi connectivity index (χ1n) is 9.31. The normalized spacial score (nSPS) is 11.6. The van der Waals surface area contributed by atoms with Crippen LogP contribution in [0.25, 0.3) is 11.4 Å². The number of thioether (sulfide) groups is 1. The van der Waals surface area contributed by atoms with Gasteiger partial charge in [-0.1, -0.05) is 35.5 Å². The lowest BCUT2D eigenvalue weighted by Crippen LogP contribution is -2.17. The van der Waals surface area contributed by atoms with Gasteiger partial charge in [-0.25, -0.2) is 4.68 Å². The van der Waals surface area contributed by atoms with Crippen LogP contribution in [-0.4, -0.2) is 32.6 Å². The molecular formula is C20H19ClF3N5O2S.